The number of ether oxygens (including phenoxy) is 2. The molecule has 0 bridgehead atoms. The van der Waals surface area contributed by atoms with Crippen LogP contribution in [0.1, 0.15) is 39.5 Å². The fourth-order valence-corrected chi connectivity index (χ4v) is 5.59. The van der Waals surface area contributed by atoms with Crippen LogP contribution in [0, 0.1) is 17.3 Å². The first kappa shape index (κ1) is 18.5. The minimum Gasteiger partial charge on any atom is -0.377 e. The Kier molecular flexibility index (Phi) is 5.44. The predicted molar refractivity (Wildman–Crippen MR) is 103 cm³/mol. The van der Waals surface area contributed by atoms with Crippen molar-refractivity contribution in [2.45, 2.75) is 57.8 Å². The molecule has 0 amide bonds. The van der Waals surface area contributed by atoms with Crippen molar-refractivity contribution >= 4 is 5.96 Å². The number of morpholine rings is 1. The number of hydrogen-bond donors (Lipinski definition) is 2. The molecule has 6 heteroatoms. The Labute approximate surface area is 158 Å². The summed E-state index contributed by atoms with van der Waals surface area (Å²) < 4.78 is 12.0. The molecule has 4 atom stereocenters. The molecule has 2 saturated heterocycles. The van der Waals surface area contributed by atoms with Crippen LogP contribution in [0.15, 0.2) is 4.99 Å². The number of hydrogen-bond acceptors (Lipinski definition) is 4. The smallest absolute Gasteiger partial charge is 0.191 e. The van der Waals surface area contributed by atoms with E-state index in [4.69, 9.17) is 9.47 Å². The van der Waals surface area contributed by atoms with Gasteiger partial charge in [0, 0.05) is 57.2 Å². The Morgan fingerprint density at radius 3 is 2.81 bits per heavy atom. The van der Waals surface area contributed by atoms with Crippen molar-refractivity contribution in [3.8, 4) is 0 Å². The average Bonchev–Trinajstić information content (AvgIpc) is 2.98. The second-order valence-electron chi connectivity index (χ2n) is 9.05. The Morgan fingerprint density at radius 1 is 1.27 bits per heavy atom. The minimum absolute atomic E-state index is 0.239. The number of aliphatic imine (C=N–C) groups is 1. The normalized spacial score (nSPS) is 36.5. The molecule has 2 aliphatic carbocycles. The lowest BCUT2D eigenvalue weighted by Gasteiger charge is -2.63. The molecule has 26 heavy (non-hydrogen) atoms. The SMILES string of the molecule is CN=C(NCC1CN(CC(C)C)CCO1)NC1C2CCOC2C12CCC2. The van der Waals surface area contributed by atoms with Crippen LogP contribution >= 0.6 is 0 Å². The molecule has 4 rings (SSSR count). The molecule has 4 aliphatic rings. The third kappa shape index (κ3) is 3.36. The van der Waals surface area contributed by atoms with Gasteiger partial charge in [0.1, 0.15) is 0 Å². The second-order valence-corrected chi connectivity index (χ2v) is 9.05. The molecule has 2 N–H and O–H groups in total. The minimum atomic E-state index is 0.239. The second kappa shape index (κ2) is 7.64. The molecule has 0 aromatic rings. The van der Waals surface area contributed by atoms with E-state index in [9.17, 15) is 0 Å². The zero-order valence-corrected chi connectivity index (χ0v) is 16.7. The van der Waals surface area contributed by atoms with Crippen LogP contribution in [0.4, 0.5) is 0 Å². The zero-order valence-electron chi connectivity index (χ0n) is 16.7. The zero-order chi connectivity index (χ0) is 18.1. The highest BCUT2D eigenvalue weighted by molar-refractivity contribution is 5.80. The van der Waals surface area contributed by atoms with Crippen molar-refractivity contribution in [3.63, 3.8) is 0 Å². The van der Waals surface area contributed by atoms with Crippen molar-refractivity contribution in [1.29, 1.82) is 0 Å². The van der Waals surface area contributed by atoms with Gasteiger partial charge < -0.3 is 20.1 Å². The summed E-state index contributed by atoms with van der Waals surface area (Å²) in [6.07, 6.45) is 5.88. The first-order valence-corrected chi connectivity index (χ1v) is 10.5. The highest BCUT2D eigenvalue weighted by atomic mass is 16.5. The average molecular weight is 365 g/mol. The van der Waals surface area contributed by atoms with E-state index in [0.717, 1.165) is 45.4 Å². The lowest BCUT2D eigenvalue weighted by molar-refractivity contribution is -0.171. The molecule has 4 fully saturated rings. The number of nitrogens with one attached hydrogen (secondary N) is 2. The molecule has 148 valence electrons. The van der Waals surface area contributed by atoms with E-state index in [1.165, 1.54) is 25.7 Å². The molecule has 6 nitrogen and oxygen atoms in total. The van der Waals surface area contributed by atoms with E-state index in [-0.39, 0.29) is 6.10 Å². The predicted octanol–water partition coefficient (Wildman–Crippen LogP) is 1.47. The third-order valence-electron chi connectivity index (χ3n) is 6.90. The van der Waals surface area contributed by atoms with Crippen molar-refractivity contribution in [2.24, 2.45) is 22.2 Å². The van der Waals surface area contributed by atoms with Crippen LogP contribution in [0.2, 0.25) is 0 Å². The van der Waals surface area contributed by atoms with Gasteiger partial charge in [0.25, 0.3) is 0 Å². The van der Waals surface area contributed by atoms with Crippen LogP contribution in [-0.4, -0.2) is 75.5 Å². The van der Waals surface area contributed by atoms with Gasteiger partial charge in [0.05, 0.1) is 18.8 Å². The maximum absolute atomic E-state index is 6.03. The summed E-state index contributed by atoms with van der Waals surface area (Å²) in [6.45, 7) is 10.4. The molecular formula is C20H36N4O2. The molecule has 2 aliphatic heterocycles. The van der Waals surface area contributed by atoms with Gasteiger partial charge in [0.15, 0.2) is 5.96 Å². The first-order valence-electron chi connectivity index (χ1n) is 10.5. The van der Waals surface area contributed by atoms with E-state index in [1.807, 2.05) is 7.05 Å². The summed E-state index contributed by atoms with van der Waals surface area (Å²) in [7, 11) is 1.87. The summed E-state index contributed by atoms with van der Waals surface area (Å²) in [5.41, 5.74) is 0.383. The third-order valence-corrected chi connectivity index (χ3v) is 6.90. The number of fused-ring (bicyclic) bond motifs is 2. The van der Waals surface area contributed by atoms with Gasteiger partial charge in [-0.2, -0.15) is 0 Å². The lowest BCUT2D eigenvalue weighted by atomic mass is 9.46. The van der Waals surface area contributed by atoms with E-state index in [1.54, 1.807) is 0 Å². The van der Waals surface area contributed by atoms with Gasteiger partial charge >= 0.3 is 0 Å². The Hall–Kier alpha value is -0.850. The molecule has 1 spiro atoms. The highest BCUT2D eigenvalue weighted by Gasteiger charge is 2.66. The first-order chi connectivity index (χ1) is 12.6. The van der Waals surface area contributed by atoms with Crippen LogP contribution in [0.3, 0.4) is 0 Å². The van der Waals surface area contributed by atoms with Gasteiger partial charge in [-0.1, -0.05) is 20.3 Å². The molecular weight excluding hydrogens is 328 g/mol. The fourth-order valence-electron chi connectivity index (χ4n) is 5.59. The van der Waals surface area contributed by atoms with E-state index >= 15 is 0 Å². The van der Waals surface area contributed by atoms with E-state index in [2.05, 4.69) is 34.4 Å². The maximum atomic E-state index is 6.03. The van der Waals surface area contributed by atoms with Crippen LogP contribution < -0.4 is 10.6 Å². The number of guanidine groups is 1. The van der Waals surface area contributed by atoms with Crippen molar-refractivity contribution in [3.05, 3.63) is 0 Å². The molecule has 0 aromatic carbocycles. The maximum Gasteiger partial charge on any atom is 0.191 e. The molecule has 0 radical (unpaired) electrons. The largest absolute Gasteiger partial charge is 0.377 e. The molecule has 2 heterocycles. The molecule has 0 aromatic heterocycles. The summed E-state index contributed by atoms with van der Waals surface area (Å²) in [5.74, 6) is 2.30. The molecule has 2 saturated carbocycles. The van der Waals surface area contributed by atoms with Crippen molar-refractivity contribution < 1.29 is 9.47 Å². The van der Waals surface area contributed by atoms with Crippen LogP contribution in [-0.2, 0) is 9.47 Å². The summed E-state index contributed by atoms with van der Waals surface area (Å²) in [5, 5.41) is 7.26. The molecule has 4 unspecified atom stereocenters. The number of rotatable bonds is 5. The topological polar surface area (TPSA) is 58.1 Å². The summed E-state index contributed by atoms with van der Waals surface area (Å²) in [6, 6.07) is 0.527. The van der Waals surface area contributed by atoms with Crippen molar-refractivity contribution in [2.75, 3.05) is 46.4 Å². The Morgan fingerprint density at radius 2 is 2.12 bits per heavy atom. The van der Waals surface area contributed by atoms with E-state index in [0.29, 0.717) is 29.4 Å². The lowest BCUT2D eigenvalue weighted by Crippen LogP contribution is -2.72. The van der Waals surface area contributed by atoms with Gasteiger partial charge in [-0.15, -0.1) is 0 Å². The van der Waals surface area contributed by atoms with Crippen LogP contribution in [0.5, 0.6) is 0 Å². The quantitative estimate of drug-likeness (QED) is 0.571. The fraction of sp³-hybridized carbons (Fsp3) is 0.950. The van der Waals surface area contributed by atoms with Crippen molar-refractivity contribution in [1.82, 2.24) is 15.5 Å². The van der Waals surface area contributed by atoms with Gasteiger partial charge in [-0.05, 0) is 25.2 Å². The van der Waals surface area contributed by atoms with Crippen LogP contribution in [0.25, 0.3) is 0 Å². The van der Waals surface area contributed by atoms with Gasteiger partial charge in [0.2, 0.25) is 0 Å². The Balaban J connectivity index is 1.27. The monoisotopic (exact) mass is 364 g/mol. The standard InChI is InChI=1S/C20H36N4O2/c1-14(2)12-24-8-10-25-15(13-24)11-22-19(21-3)23-17-16-5-9-26-18(16)20(17)6-4-7-20/h14-18H,4-13H2,1-3H3,(H2,21,22,23). The highest BCUT2D eigenvalue weighted by Crippen LogP contribution is 2.62. The van der Waals surface area contributed by atoms with Gasteiger partial charge in [-0.3, -0.25) is 9.89 Å². The van der Waals surface area contributed by atoms with Gasteiger partial charge in [-0.25, -0.2) is 0 Å². The Bertz CT molecular complexity index is 520. The summed E-state index contributed by atoms with van der Waals surface area (Å²) in [4.78, 5) is 7.00. The summed E-state index contributed by atoms with van der Waals surface area (Å²) >= 11 is 0. The number of nitrogens with zero attached hydrogens (tertiary/aromatic N) is 2. The van der Waals surface area contributed by atoms with E-state index < -0.39 is 0 Å².